The number of nitrogens with two attached hydrogens (primary N) is 1. The minimum Gasteiger partial charge on any atom is -0.364 e. The summed E-state index contributed by atoms with van der Waals surface area (Å²) in [7, 11) is 1.59. The smallest absolute Gasteiger partial charge is 0.269 e. The molecule has 6 nitrogen and oxygen atoms in total. The number of amides is 2. The Labute approximate surface area is 123 Å². The van der Waals surface area contributed by atoms with Gasteiger partial charge in [-0.2, -0.15) is 5.10 Å². The summed E-state index contributed by atoms with van der Waals surface area (Å²) in [6.45, 7) is 0. The van der Waals surface area contributed by atoms with E-state index in [0.717, 1.165) is 3.57 Å². The van der Waals surface area contributed by atoms with Crippen LogP contribution in [0.1, 0.15) is 20.8 Å². The van der Waals surface area contributed by atoms with Crippen LogP contribution in [0.3, 0.4) is 0 Å². The van der Waals surface area contributed by atoms with Crippen LogP contribution in [0.4, 0.5) is 5.69 Å². The molecule has 1 heterocycles. The highest BCUT2D eigenvalue weighted by Crippen LogP contribution is 2.17. The van der Waals surface area contributed by atoms with Gasteiger partial charge in [0, 0.05) is 10.6 Å². The van der Waals surface area contributed by atoms with Gasteiger partial charge in [0.2, 0.25) is 0 Å². The normalized spacial score (nSPS) is 10.2. The van der Waals surface area contributed by atoms with Crippen LogP contribution in [0.2, 0.25) is 0 Å². The van der Waals surface area contributed by atoms with Gasteiger partial charge in [-0.25, -0.2) is 0 Å². The number of halogens is 1. The summed E-state index contributed by atoms with van der Waals surface area (Å²) in [5, 5.41) is 6.55. The zero-order chi connectivity index (χ0) is 14.0. The van der Waals surface area contributed by atoms with Crippen molar-refractivity contribution in [2.24, 2.45) is 12.8 Å². The monoisotopic (exact) mass is 370 g/mol. The lowest BCUT2D eigenvalue weighted by Gasteiger charge is -2.06. The molecule has 0 radical (unpaired) electrons. The third-order valence-electron chi connectivity index (χ3n) is 2.54. The molecule has 7 heteroatoms. The minimum atomic E-state index is -0.641. The molecule has 0 aliphatic rings. The molecule has 2 amide bonds. The lowest BCUT2D eigenvalue weighted by atomic mass is 10.2. The maximum absolute atomic E-state index is 12.1. The summed E-state index contributed by atoms with van der Waals surface area (Å²) in [4.78, 5) is 23.4. The molecule has 1 aromatic carbocycles. The van der Waals surface area contributed by atoms with Gasteiger partial charge in [0.05, 0.1) is 17.4 Å². The number of primary amides is 1. The predicted molar refractivity (Wildman–Crippen MR) is 78.8 cm³/mol. The highest BCUT2D eigenvalue weighted by atomic mass is 127. The van der Waals surface area contributed by atoms with Gasteiger partial charge in [0.1, 0.15) is 5.69 Å². The minimum absolute atomic E-state index is 0.166. The average molecular weight is 370 g/mol. The van der Waals surface area contributed by atoms with E-state index in [1.807, 2.05) is 12.1 Å². The van der Waals surface area contributed by atoms with Crippen LogP contribution >= 0.6 is 22.6 Å². The van der Waals surface area contributed by atoms with Crippen molar-refractivity contribution in [1.82, 2.24) is 9.78 Å². The molecule has 0 spiro atoms. The molecule has 2 rings (SSSR count). The Morgan fingerprint density at radius 1 is 1.37 bits per heavy atom. The Morgan fingerprint density at radius 2 is 2.05 bits per heavy atom. The first-order valence-corrected chi connectivity index (χ1v) is 6.46. The lowest BCUT2D eigenvalue weighted by molar-refractivity contribution is 0.0992. The Bertz CT molecular complexity index is 651. The number of aromatic nitrogens is 2. The number of rotatable bonds is 3. The van der Waals surface area contributed by atoms with Crippen molar-refractivity contribution in [1.29, 1.82) is 0 Å². The van der Waals surface area contributed by atoms with E-state index in [1.54, 1.807) is 19.2 Å². The van der Waals surface area contributed by atoms with Crippen molar-refractivity contribution < 1.29 is 9.59 Å². The van der Waals surface area contributed by atoms with E-state index in [9.17, 15) is 9.59 Å². The van der Waals surface area contributed by atoms with Crippen LogP contribution in [-0.4, -0.2) is 21.6 Å². The second-order valence-corrected chi connectivity index (χ2v) is 4.99. The lowest BCUT2D eigenvalue weighted by Crippen LogP contribution is -2.20. The van der Waals surface area contributed by atoms with Gasteiger partial charge in [-0.05, 0) is 34.7 Å². The molecule has 0 atom stereocenters. The van der Waals surface area contributed by atoms with Gasteiger partial charge >= 0.3 is 0 Å². The third-order valence-corrected chi connectivity index (χ3v) is 3.48. The van der Waals surface area contributed by atoms with Crippen molar-refractivity contribution in [3.05, 3.63) is 45.3 Å². The molecule has 0 unspecified atom stereocenters. The molecule has 2 aromatic rings. The van der Waals surface area contributed by atoms with Crippen molar-refractivity contribution in [2.75, 3.05) is 5.32 Å². The van der Waals surface area contributed by atoms with Crippen LogP contribution in [0, 0.1) is 3.57 Å². The summed E-state index contributed by atoms with van der Waals surface area (Å²) in [6.07, 6.45) is 1.40. The van der Waals surface area contributed by atoms with E-state index in [-0.39, 0.29) is 11.6 Å². The number of hydrogen-bond donors (Lipinski definition) is 2. The Kier molecular flexibility index (Phi) is 3.84. The highest BCUT2D eigenvalue weighted by Gasteiger charge is 2.17. The summed E-state index contributed by atoms with van der Waals surface area (Å²) < 4.78 is 2.15. The van der Waals surface area contributed by atoms with E-state index in [4.69, 9.17) is 5.73 Å². The SMILES string of the molecule is Cn1ncc(NC(=O)c2ccccc2I)c1C(N)=O. The number of benzene rings is 1. The van der Waals surface area contributed by atoms with E-state index in [2.05, 4.69) is 33.0 Å². The number of hydrogen-bond acceptors (Lipinski definition) is 3. The fourth-order valence-corrected chi connectivity index (χ4v) is 2.29. The standard InChI is InChI=1S/C12H11IN4O2/c1-17-10(11(14)18)9(6-15-17)16-12(19)7-4-2-3-5-8(7)13/h2-6H,1H3,(H2,14,18)(H,16,19). The Balaban J connectivity index is 2.30. The van der Waals surface area contributed by atoms with Crippen molar-refractivity contribution >= 4 is 40.1 Å². The van der Waals surface area contributed by atoms with Crippen molar-refractivity contribution in [3.8, 4) is 0 Å². The van der Waals surface area contributed by atoms with E-state index in [1.165, 1.54) is 10.9 Å². The highest BCUT2D eigenvalue weighted by molar-refractivity contribution is 14.1. The molecular formula is C12H11IN4O2. The number of nitrogens with zero attached hydrogens (tertiary/aromatic N) is 2. The molecule has 1 aromatic heterocycles. The van der Waals surface area contributed by atoms with Crippen molar-refractivity contribution in [2.45, 2.75) is 0 Å². The quantitative estimate of drug-likeness (QED) is 0.800. The van der Waals surface area contributed by atoms with Gasteiger partial charge in [0.25, 0.3) is 11.8 Å². The van der Waals surface area contributed by atoms with Crippen molar-refractivity contribution in [3.63, 3.8) is 0 Å². The molecule has 0 saturated heterocycles. The summed E-state index contributed by atoms with van der Waals surface area (Å²) in [6, 6.07) is 7.15. The van der Waals surface area contributed by atoms with Crippen LogP contribution in [0.15, 0.2) is 30.5 Å². The molecule has 0 bridgehead atoms. The summed E-state index contributed by atoms with van der Waals surface area (Å²) in [5.41, 5.74) is 6.25. The largest absolute Gasteiger partial charge is 0.364 e. The molecule has 0 fully saturated rings. The fourth-order valence-electron chi connectivity index (χ4n) is 1.66. The molecule has 3 N–H and O–H groups in total. The van der Waals surface area contributed by atoms with Crippen LogP contribution in [0.5, 0.6) is 0 Å². The number of aryl methyl sites for hydroxylation is 1. The first kappa shape index (κ1) is 13.5. The molecule has 98 valence electrons. The van der Waals surface area contributed by atoms with Gasteiger partial charge in [0.15, 0.2) is 0 Å². The van der Waals surface area contributed by atoms with Crippen LogP contribution in [0.25, 0.3) is 0 Å². The Hall–Kier alpha value is -1.90. The van der Waals surface area contributed by atoms with Gasteiger partial charge in [-0.1, -0.05) is 12.1 Å². The number of anilines is 1. The molecule has 19 heavy (non-hydrogen) atoms. The number of carbonyl (C=O) groups is 2. The number of nitrogens with one attached hydrogen (secondary N) is 1. The first-order valence-electron chi connectivity index (χ1n) is 5.38. The third kappa shape index (κ3) is 2.75. The molecular weight excluding hydrogens is 359 g/mol. The maximum atomic E-state index is 12.1. The molecule has 0 aliphatic carbocycles. The maximum Gasteiger partial charge on any atom is 0.269 e. The van der Waals surface area contributed by atoms with E-state index in [0.29, 0.717) is 11.3 Å². The topological polar surface area (TPSA) is 90.0 Å². The van der Waals surface area contributed by atoms with Gasteiger partial charge in [-0.3, -0.25) is 14.3 Å². The predicted octanol–water partition coefficient (Wildman–Crippen LogP) is 1.38. The van der Waals surface area contributed by atoms with Gasteiger partial charge in [-0.15, -0.1) is 0 Å². The summed E-state index contributed by atoms with van der Waals surface area (Å²) >= 11 is 2.07. The second-order valence-electron chi connectivity index (χ2n) is 3.83. The second kappa shape index (κ2) is 5.39. The zero-order valence-electron chi connectivity index (χ0n) is 10.1. The van der Waals surface area contributed by atoms with E-state index < -0.39 is 5.91 Å². The number of carbonyl (C=O) groups excluding carboxylic acids is 2. The fraction of sp³-hybridized carbons (Fsp3) is 0.0833. The van der Waals surface area contributed by atoms with E-state index >= 15 is 0 Å². The van der Waals surface area contributed by atoms with Crippen LogP contribution < -0.4 is 11.1 Å². The molecule has 0 saturated carbocycles. The average Bonchev–Trinajstić information content (AvgIpc) is 2.70. The summed E-state index contributed by atoms with van der Waals surface area (Å²) in [5.74, 6) is -0.946. The Morgan fingerprint density at radius 3 is 2.68 bits per heavy atom. The zero-order valence-corrected chi connectivity index (χ0v) is 12.2. The molecule has 0 aliphatic heterocycles. The van der Waals surface area contributed by atoms with Gasteiger partial charge < -0.3 is 11.1 Å². The first-order chi connectivity index (χ1) is 9.00. The van der Waals surface area contributed by atoms with Crippen LogP contribution in [-0.2, 0) is 7.05 Å².